The Bertz CT molecular complexity index is 731. The molecular weight excluding hydrogens is 340 g/mol. The minimum absolute atomic E-state index is 0.0776. The van der Waals surface area contributed by atoms with Crippen LogP contribution in [0, 0.1) is 20.8 Å². The highest BCUT2D eigenvalue weighted by molar-refractivity contribution is 5.74. The van der Waals surface area contributed by atoms with Crippen LogP contribution in [0.1, 0.15) is 41.4 Å². The third-order valence-electron chi connectivity index (χ3n) is 4.68. The number of carbonyl (C=O) groups excluding carboxylic acids is 1. The predicted molar refractivity (Wildman–Crippen MR) is 108 cm³/mol. The first-order chi connectivity index (χ1) is 13.0. The average Bonchev–Trinajstić information content (AvgIpc) is 3.06. The summed E-state index contributed by atoms with van der Waals surface area (Å²) in [6.07, 6.45) is 4.68. The Morgan fingerprint density at radius 2 is 1.96 bits per heavy atom. The number of aromatic nitrogens is 2. The van der Waals surface area contributed by atoms with Crippen LogP contribution in [0.4, 0.5) is 4.79 Å². The van der Waals surface area contributed by atoms with E-state index >= 15 is 0 Å². The smallest absolute Gasteiger partial charge is 0.317 e. The molecule has 2 rings (SSSR count). The van der Waals surface area contributed by atoms with Gasteiger partial charge in [-0.15, -0.1) is 0 Å². The van der Waals surface area contributed by atoms with Crippen LogP contribution >= 0.6 is 0 Å². The molecule has 0 unspecified atom stereocenters. The van der Waals surface area contributed by atoms with E-state index in [-0.39, 0.29) is 6.03 Å². The maximum atomic E-state index is 12.5. The molecule has 0 spiro atoms. The van der Waals surface area contributed by atoms with Crippen molar-refractivity contribution in [1.29, 1.82) is 0 Å². The summed E-state index contributed by atoms with van der Waals surface area (Å²) in [5.41, 5.74) is 5.14. The van der Waals surface area contributed by atoms with Gasteiger partial charge >= 0.3 is 6.03 Å². The van der Waals surface area contributed by atoms with E-state index in [4.69, 9.17) is 4.74 Å². The van der Waals surface area contributed by atoms with Crippen molar-refractivity contribution in [2.45, 2.75) is 47.2 Å². The van der Waals surface area contributed by atoms with Gasteiger partial charge in [-0.3, -0.25) is 0 Å². The number of amides is 2. The topological polar surface area (TPSA) is 59.4 Å². The molecule has 0 fully saturated rings. The summed E-state index contributed by atoms with van der Waals surface area (Å²) in [4.78, 5) is 18.7. The lowest BCUT2D eigenvalue weighted by Crippen LogP contribution is -2.42. The fourth-order valence-corrected chi connectivity index (χ4v) is 3.23. The summed E-state index contributed by atoms with van der Waals surface area (Å²) in [6.45, 7) is 11.4. The molecule has 2 amide bonds. The molecule has 0 aliphatic carbocycles. The summed E-state index contributed by atoms with van der Waals surface area (Å²) >= 11 is 0. The van der Waals surface area contributed by atoms with Gasteiger partial charge in [0.15, 0.2) is 0 Å². The highest BCUT2D eigenvalue weighted by atomic mass is 16.5. The van der Waals surface area contributed by atoms with Crippen LogP contribution in [0.15, 0.2) is 24.5 Å². The van der Waals surface area contributed by atoms with Crippen molar-refractivity contribution >= 4 is 6.03 Å². The first-order valence-electron chi connectivity index (χ1n) is 9.54. The number of aryl methyl sites for hydroxylation is 3. The average molecular weight is 373 g/mol. The molecule has 1 N–H and O–H groups in total. The number of carbonyl (C=O) groups is 1. The van der Waals surface area contributed by atoms with Gasteiger partial charge in [-0.1, -0.05) is 24.6 Å². The fraction of sp³-hybridized carbons (Fsp3) is 0.524. The van der Waals surface area contributed by atoms with Crippen LogP contribution in [-0.4, -0.2) is 47.3 Å². The molecule has 1 aromatic heterocycles. The van der Waals surface area contributed by atoms with Gasteiger partial charge in [0.2, 0.25) is 0 Å². The zero-order chi connectivity index (χ0) is 19.8. The Hall–Kier alpha value is -2.34. The number of rotatable bonds is 9. The molecule has 6 heteroatoms. The molecule has 0 bridgehead atoms. The summed E-state index contributed by atoms with van der Waals surface area (Å²) in [5.74, 6) is 0.872. The molecule has 0 aliphatic heterocycles. The molecule has 0 aliphatic rings. The molecule has 27 heavy (non-hydrogen) atoms. The van der Waals surface area contributed by atoms with E-state index in [1.807, 2.05) is 13.1 Å². The van der Waals surface area contributed by atoms with Crippen molar-refractivity contribution in [2.75, 3.05) is 26.8 Å². The van der Waals surface area contributed by atoms with E-state index in [0.717, 1.165) is 18.8 Å². The van der Waals surface area contributed by atoms with Gasteiger partial charge in [-0.05, 0) is 43.9 Å². The first kappa shape index (κ1) is 21.0. The van der Waals surface area contributed by atoms with Gasteiger partial charge in [0, 0.05) is 39.1 Å². The lowest BCUT2D eigenvalue weighted by atomic mass is 10.00. The number of hydrogen-bond acceptors (Lipinski definition) is 3. The number of nitrogens with one attached hydrogen (secondary N) is 1. The van der Waals surface area contributed by atoms with Crippen molar-refractivity contribution in [1.82, 2.24) is 19.8 Å². The lowest BCUT2D eigenvalue weighted by molar-refractivity contribution is 0.145. The van der Waals surface area contributed by atoms with Gasteiger partial charge in [0.25, 0.3) is 0 Å². The maximum Gasteiger partial charge on any atom is 0.317 e. The molecule has 6 nitrogen and oxygen atoms in total. The van der Waals surface area contributed by atoms with Crippen molar-refractivity contribution in [2.24, 2.45) is 0 Å². The van der Waals surface area contributed by atoms with Crippen molar-refractivity contribution in [3.8, 4) is 0 Å². The van der Waals surface area contributed by atoms with E-state index in [1.165, 1.54) is 22.3 Å². The van der Waals surface area contributed by atoms with Crippen molar-refractivity contribution in [3.05, 3.63) is 52.6 Å². The van der Waals surface area contributed by atoms with Gasteiger partial charge in [0.05, 0.1) is 13.2 Å². The standard InChI is InChI=1S/C21H32N4O2/c1-6-7-23-21(26)25(10-11-27-5)15-20-22-8-9-24(20)14-19-17(3)12-16(2)13-18(19)4/h8-9,12-13H,6-7,10-11,14-15H2,1-5H3,(H,23,26). The van der Waals surface area contributed by atoms with Gasteiger partial charge in [-0.25, -0.2) is 9.78 Å². The molecule has 148 valence electrons. The maximum absolute atomic E-state index is 12.5. The Morgan fingerprint density at radius 1 is 1.26 bits per heavy atom. The zero-order valence-electron chi connectivity index (χ0n) is 17.2. The normalized spacial score (nSPS) is 10.9. The minimum atomic E-state index is -0.0776. The first-order valence-corrected chi connectivity index (χ1v) is 9.54. The van der Waals surface area contributed by atoms with Crippen LogP contribution in [0.25, 0.3) is 0 Å². The van der Waals surface area contributed by atoms with Gasteiger partial charge < -0.3 is 19.5 Å². The fourth-order valence-electron chi connectivity index (χ4n) is 3.23. The predicted octanol–water partition coefficient (Wildman–Crippen LogP) is 3.42. The Labute approximate surface area is 162 Å². The van der Waals surface area contributed by atoms with Crippen molar-refractivity contribution in [3.63, 3.8) is 0 Å². The Kier molecular flexibility index (Phi) is 7.85. The molecule has 0 atom stereocenters. The number of methoxy groups -OCH3 is 1. The largest absolute Gasteiger partial charge is 0.383 e. The minimum Gasteiger partial charge on any atom is -0.383 e. The van der Waals surface area contributed by atoms with Gasteiger partial charge in [0.1, 0.15) is 5.82 Å². The zero-order valence-corrected chi connectivity index (χ0v) is 17.2. The number of ether oxygens (including phenoxy) is 1. The molecule has 0 radical (unpaired) electrons. The Balaban J connectivity index is 2.17. The highest BCUT2D eigenvalue weighted by Crippen LogP contribution is 2.18. The molecule has 0 saturated heterocycles. The van der Waals surface area contributed by atoms with Crippen LogP contribution in [0.5, 0.6) is 0 Å². The summed E-state index contributed by atoms with van der Waals surface area (Å²) in [7, 11) is 1.64. The Morgan fingerprint density at radius 3 is 2.59 bits per heavy atom. The number of nitrogens with zero attached hydrogens (tertiary/aromatic N) is 3. The third kappa shape index (κ3) is 5.82. The van der Waals surface area contributed by atoms with Crippen LogP contribution in [-0.2, 0) is 17.8 Å². The van der Waals surface area contributed by atoms with E-state index in [1.54, 1.807) is 18.2 Å². The lowest BCUT2D eigenvalue weighted by Gasteiger charge is -2.23. The SMILES string of the molecule is CCCNC(=O)N(CCOC)Cc1nccn1Cc1c(C)cc(C)cc1C. The summed E-state index contributed by atoms with van der Waals surface area (Å²) in [6, 6.07) is 4.34. The molecule has 1 aromatic carbocycles. The van der Waals surface area contributed by atoms with Crippen LogP contribution in [0.3, 0.4) is 0 Å². The second kappa shape index (κ2) is 10.1. The summed E-state index contributed by atoms with van der Waals surface area (Å²) < 4.78 is 7.29. The molecule has 2 aromatic rings. The number of hydrogen-bond donors (Lipinski definition) is 1. The van der Waals surface area contributed by atoms with E-state index < -0.39 is 0 Å². The quantitative estimate of drug-likeness (QED) is 0.734. The van der Waals surface area contributed by atoms with Gasteiger partial charge in [-0.2, -0.15) is 0 Å². The van der Waals surface area contributed by atoms with E-state index in [2.05, 4.69) is 47.8 Å². The summed E-state index contributed by atoms with van der Waals surface area (Å²) in [5, 5.41) is 2.94. The molecule has 0 saturated carbocycles. The molecule has 1 heterocycles. The number of imidazole rings is 1. The van der Waals surface area contributed by atoms with Crippen LogP contribution in [0.2, 0.25) is 0 Å². The van der Waals surface area contributed by atoms with Crippen molar-refractivity contribution < 1.29 is 9.53 Å². The number of urea groups is 1. The second-order valence-electron chi connectivity index (χ2n) is 6.99. The molecular formula is C21H32N4O2. The second-order valence-corrected chi connectivity index (χ2v) is 6.99. The van der Waals surface area contributed by atoms with E-state index in [0.29, 0.717) is 26.2 Å². The van der Waals surface area contributed by atoms with Crippen LogP contribution < -0.4 is 5.32 Å². The third-order valence-corrected chi connectivity index (χ3v) is 4.68. The monoisotopic (exact) mass is 372 g/mol. The number of benzene rings is 1. The highest BCUT2D eigenvalue weighted by Gasteiger charge is 2.17. The van der Waals surface area contributed by atoms with E-state index in [9.17, 15) is 4.79 Å².